The molecular formula is C11H17NO2S. The van der Waals surface area contributed by atoms with Crippen molar-refractivity contribution in [2.24, 2.45) is 0 Å². The second-order valence-electron chi connectivity index (χ2n) is 3.72. The number of hydrogen-bond acceptors (Lipinski definition) is 3. The van der Waals surface area contributed by atoms with Gasteiger partial charge in [-0.15, -0.1) is 11.3 Å². The molecule has 1 rings (SSSR count). The molecule has 0 fully saturated rings. The van der Waals surface area contributed by atoms with Crippen molar-refractivity contribution in [2.45, 2.75) is 32.4 Å². The number of nitrogens with zero attached hydrogens (tertiary/aromatic N) is 1. The summed E-state index contributed by atoms with van der Waals surface area (Å²) in [6.45, 7) is 2.36. The predicted molar refractivity (Wildman–Crippen MR) is 61.7 cm³/mol. The van der Waals surface area contributed by atoms with E-state index < -0.39 is 6.10 Å². The predicted octanol–water partition coefficient (Wildman–Crippen LogP) is 1.87. The molecule has 0 spiro atoms. The molecule has 3 nitrogen and oxygen atoms in total. The minimum Gasteiger partial charge on any atom is -0.393 e. The van der Waals surface area contributed by atoms with E-state index in [0.29, 0.717) is 19.4 Å². The third-order valence-electron chi connectivity index (χ3n) is 2.17. The second-order valence-corrected chi connectivity index (χ2v) is 4.75. The zero-order chi connectivity index (χ0) is 11.3. The van der Waals surface area contributed by atoms with Crippen LogP contribution in [-0.4, -0.2) is 29.1 Å². The highest BCUT2D eigenvalue weighted by Gasteiger charge is 2.10. The monoisotopic (exact) mass is 227 g/mol. The minimum atomic E-state index is -0.399. The van der Waals surface area contributed by atoms with Gasteiger partial charge >= 0.3 is 0 Å². The van der Waals surface area contributed by atoms with E-state index in [4.69, 9.17) is 5.11 Å². The van der Waals surface area contributed by atoms with Crippen LogP contribution in [0.25, 0.3) is 0 Å². The van der Waals surface area contributed by atoms with Crippen molar-refractivity contribution in [2.75, 3.05) is 7.05 Å². The largest absolute Gasteiger partial charge is 0.393 e. The summed E-state index contributed by atoms with van der Waals surface area (Å²) in [5, 5.41) is 11.1. The number of carbonyl (C=O) groups is 1. The van der Waals surface area contributed by atoms with Crippen LogP contribution in [-0.2, 0) is 11.3 Å². The van der Waals surface area contributed by atoms with E-state index >= 15 is 0 Å². The van der Waals surface area contributed by atoms with Crippen LogP contribution < -0.4 is 0 Å². The van der Waals surface area contributed by atoms with Crippen LogP contribution in [0.4, 0.5) is 0 Å². The van der Waals surface area contributed by atoms with Gasteiger partial charge < -0.3 is 10.0 Å². The van der Waals surface area contributed by atoms with Gasteiger partial charge in [0.05, 0.1) is 12.6 Å². The molecule has 0 saturated carbocycles. The fourth-order valence-corrected chi connectivity index (χ4v) is 2.00. The van der Waals surface area contributed by atoms with E-state index in [2.05, 4.69) is 0 Å². The summed E-state index contributed by atoms with van der Waals surface area (Å²) in [6, 6.07) is 4.00. The number of carbonyl (C=O) groups excluding carboxylic acids is 1. The molecule has 0 radical (unpaired) electrons. The van der Waals surface area contributed by atoms with Gasteiger partial charge in [0.25, 0.3) is 0 Å². The van der Waals surface area contributed by atoms with Crippen LogP contribution in [0.15, 0.2) is 17.5 Å². The fourth-order valence-electron chi connectivity index (χ4n) is 1.25. The number of hydrogen-bond donors (Lipinski definition) is 1. The zero-order valence-corrected chi connectivity index (χ0v) is 9.96. The van der Waals surface area contributed by atoms with Gasteiger partial charge in [-0.3, -0.25) is 4.79 Å². The lowest BCUT2D eigenvalue weighted by molar-refractivity contribution is -0.130. The molecule has 0 bridgehead atoms. The molecule has 0 aliphatic carbocycles. The highest BCUT2D eigenvalue weighted by Crippen LogP contribution is 2.11. The molecule has 4 heteroatoms. The number of aliphatic hydroxyl groups excluding tert-OH is 1. The van der Waals surface area contributed by atoms with E-state index in [-0.39, 0.29) is 5.91 Å². The zero-order valence-electron chi connectivity index (χ0n) is 9.14. The standard InChI is InChI=1S/C11H17NO2S/c1-9(13)5-6-11(14)12(2)8-10-4-3-7-15-10/h3-4,7,9,13H,5-6,8H2,1-2H3. The van der Waals surface area contributed by atoms with Crippen LogP contribution in [0.5, 0.6) is 0 Å². The van der Waals surface area contributed by atoms with Crippen molar-refractivity contribution in [3.05, 3.63) is 22.4 Å². The van der Waals surface area contributed by atoms with Crippen molar-refractivity contribution in [1.29, 1.82) is 0 Å². The van der Waals surface area contributed by atoms with Gasteiger partial charge in [-0.1, -0.05) is 6.07 Å². The van der Waals surface area contributed by atoms with Crippen molar-refractivity contribution < 1.29 is 9.90 Å². The second kappa shape index (κ2) is 5.88. The van der Waals surface area contributed by atoms with E-state index in [1.165, 1.54) is 4.88 Å². The molecule has 1 amide bonds. The number of amides is 1. The molecule has 84 valence electrons. The lowest BCUT2D eigenvalue weighted by atomic mass is 10.2. The van der Waals surface area contributed by atoms with Crippen LogP contribution in [0.1, 0.15) is 24.6 Å². The third-order valence-corrected chi connectivity index (χ3v) is 3.04. The van der Waals surface area contributed by atoms with Gasteiger partial charge in [0, 0.05) is 18.3 Å². The Bertz CT molecular complexity index is 296. The van der Waals surface area contributed by atoms with Crippen LogP contribution >= 0.6 is 11.3 Å². The average Bonchev–Trinajstić information content (AvgIpc) is 2.66. The molecule has 1 atom stereocenters. The highest BCUT2D eigenvalue weighted by atomic mass is 32.1. The first kappa shape index (κ1) is 12.2. The summed E-state index contributed by atoms with van der Waals surface area (Å²) in [6.07, 6.45) is 0.553. The summed E-state index contributed by atoms with van der Waals surface area (Å²) in [4.78, 5) is 14.5. The number of thiophene rings is 1. The van der Waals surface area contributed by atoms with E-state index in [1.807, 2.05) is 17.5 Å². The number of aliphatic hydroxyl groups is 1. The molecule has 1 aromatic heterocycles. The van der Waals surface area contributed by atoms with E-state index in [1.54, 1.807) is 30.2 Å². The van der Waals surface area contributed by atoms with Crippen molar-refractivity contribution in [1.82, 2.24) is 4.90 Å². The van der Waals surface area contributed by atoms with Crippen molar-refractivity contribution in [3.63, 3.8) is 0 Å². The van der Waals surface area contributed by atoms with Gasteiger partial charge in [-0.2, -0.15) is 0 Å². The molecule has 0 aromatic carbocycles. The molecule has 1 unspecified atom stereocenters. The Labute approximate surface area is 94.3 Å². The van der Waals surface area contributed by atoms with Gasteiger partial charge in [0.15, 0.2) is 0 Å². The summed E-state index contributed by atoms with van der Waals surface area (Å²) in [5.74, 6) is 0.0873. The lowest BCUT2D eigenvalue weighted by Crippen LogP contribution is -2.26. The smallest absolute Gasteiger partial charge is 0.222 e. The topological polar surface area (TPSA) is 40.5 Å². The fraction of sp³-hybridized carbons (Fsp3) is 0.545. The Kier molecular flexibility index (Phi) is 4.78. The van der Waals surface area contributed by atoms with E-state index in [0.717, 1.165) is 0 Å². The van der Waals surface area contributed by atoms with Crippen LogP contribution in [0.2, 0.25) is 0 Å². The normalized spacial score (nSPS) is 12.5. The molecule has 1 N–H and O–H groups in total. The first-order valence-electron chi connectivity index (χ1n) is 5.04. The maximum absolute atomic E-state index is 11.6. The summed E-state index contributed by atoms with van der Waals surface area (Å²) >= 11 is 1.65. The molecule has 0 saturated heterocycles. The molecule has 1 heterocycles. The molecular weight excluding hydrogens is 210 g/mol. The Morgan fingerprint density at radius 1 is 1.67 bits per heavy atom. The first-order valence-corrected chi connectivity index (χ1v) is 5.92. The lowest BCUT2D eigenvalue weighted by Gasteiger charge is -2.16. The van der Waals surface area contributed by atoms with Crippen molar-refractivity contribution in [3.8, 4) is 0 Å². The van der Waals surface area contributed by atoms with Crippen LogP contribution in [0.3, 0.4) is 0 Å². The first-order chi connectivity index (χ1) is 7.09. The summed E-state index contributed by atoms with van der Waals surface area (Å²) < 4.78 is 0. The maximum atomic E-state index is 11.6. The minimum absolute atomic E-state index is 0.0873. The summed E-state index contributed by atoms with van der Waals surface area (Å²) in [5.41, 5.74) is 0. The van der Waals surface area contributed by atoms with Gasteiger partial charge in [0.1, 0.15) is 0 Å². The Morgan fingerprint density at radius 2 is 2.40 bits per heavy atom. The van der Waals surface area contributed by atoms with Gasteiger partial charge in [-0.25, -0.2) is 0 Å². The summed E-state index contributed by atoms with van der Waals surface area (Å²) in [7, 11) is 1.80. The maximum Gasteiger partial charge on any atom is 0.222 e. The molecule has 0 aliphatic heterocycles. The Balaban J connectivity index is 2.33. The molecule has 0 aliphatic rings. The van der Waals surface area contributed by atoms with Gasteiger partial charge in [-0.05, 0) is 24.8 Å². The van der Waals surface area contributed by atoms with Crippen LogP contribution in [0, 0.1) is 0 Å². The van der Waals surface area contributed by atoms with Crippen molar-refractivity contribution >= 4 is 17.2 Å². The molecule has 1 aromatic rings. The highest BCUT2D eigenvalue weighted by molar-refractivity contribution is 7.09. The average molecular weight is 227 g/mol. The quantitative estimate of drug-likeness (QED) is 0.834. The van der Waals surface area contributed by atoms with Gasteiger partial charge in [0.2, 0.25) is 5.91 Å². The molecule has 15 heavy (non-hydrogen) atoms. The van der Waals surface area contributed by atoms with E-state index in [9.17, 15) is 4.79 Å². The third kappa shape index (κ3) is 4.44. The number of rotatable bonds is 5. The SMILES string of the molecule is CC(O)CCC(=O)N(C)Cc1cccs1. The Morgan fingerprint density at radius 3 is 2.93 bits per heavy atom. The Hall–Kier alpha value is -0.870.